The molecule has 9 heteroatoms. The van der Waals surface area contributed by atoms with Gasteiger partial charge in [0.15, 0.2) is 4.77 Å². The Bertz CT molecular complexity index is 953. The second-order valence-electron chi connectivity index (χ2n) is 8.23. The molecule has 1 aromatic carbocycles. The molecular weight excluding hydrogens is 422 g/mol. The predicted molar refractivity (Wildman–Crippen MR) is 119 cm³/mol. The lowest BCUT2D eigenvalue weighted by molar-refractivity contribution is -0.135. The van der Waals surface area contributed by atoms with Crippen molar-refractivity contribution in [1.82, 2.24) is 25.0 Å². The number of nitrogens with one attached hydrogen (secondary N) is 2. The highest BCUT2D eigenvalue weighted by molar-refractivity contribution is 7.71. The second kappa shape index (κ2) is 9.75. The van der Waals surface area contributed by atoms with Gasteiger partial charge < -0.3 is 14.8 Å². The third-order valence-electron chi connectivity index (χ3n) is 5.43. The lowest BCUT2D eigenvalue weighted by Gasteiger charge is -2.35. The number of carbonyl (C=O) groups is 2. The standard InChI is InChI=1S/C21H28ClN5O2S/c1-13(2)11-17(23-19(28)14-6-8-16(22)9-7-14)20(29)27-10-4-5-15(12-27)18-24-25-21(30)26(18)3/h6-9,13,15,17H,4-5,10-12H2,1-3H3,(H,23,28)(H,25,30). The molecule has 2 atom stereocenters. The van der Waals surface area contributed by atoms with Gasteiger partial charge in [-0.05, 0) is 61.7 Å². The Morgan fingerprint density at radius 1 is 1.33 bits per heavy atom. The summed E-state index contributed by atoms with van der Waals surface area (Å²) in [6, 6.07) is 6.09. The van der Waals surface area contributed by atoms with Gasteiger partial charge in [-0.25, -0.2) is 0 Å². The van der Waals surface area contributed by atoms with Crippen LogP contribution < -0.4 is 5.32 Å². The summed E-state index contributed by atoms with van der Waals surface area (Å²) in [6.07, 6.45) is 2.41. The van der Waals surface area contributed by atoms with Crippen LogP contribution in [0.1, 0.15) is 55.2 Å². The molecule has 0 saturated carbocycles. The van der Waals surface area contributed by atoms with E-state index in [1.165, 1.54) is 0 Å². The molecule has 0 radical (unpaired) electrons. The van der Waals surface area contributed by atoms with Gasteiger partial charge in [-0.15, -0.1) is 0 Å². The number of piperidine rings is 1. The number of hydrogen-bond donors (Lipinski definition) is 2. The van der Waals surface area contributed by atoms with E-state index in [0.29, 0.717) is 34.9 Å². The highest BCUT2D eigenvalue weighted by Crippen LogP contribution is 2.26. The zero-order valence-corrected chi connectivity index (χ0v) is 19.1. The van der Waals surface area contributed by atoms with Crippen molar-refractivity contribution in [2.75, 3.05) is 13.1 Å². The minimum atomic E-state index is -0.575. The van der Waals surface area contributed by atoms with E-state index in [2.05, 4.69) is 15.5 Å². The molecule has 0 aliphatic carbocycles. The summed E-state index contributed by atoms with van der Waals surface area (Å²) < 4.78 is 2.43. The summed E-state index contributed by atoms with van der Waals surface area (Å²) in [5, 5.41) is 10.7. The highest BCUT2D eigenvalue weighted by Gasteiger charge is 2.32. The van der Waals surface area contributed by atoms with E-state index in [1.807, 2.05) is 30.4 Å². The van der Waals surface area contributed by atoms with E-state index in [-0.39, 0.29) is 23.7 Å². The summed E-state index contributed by atoms with van der Waals surface area (Å²) in [5.74, 6) is 0.925. The van der Waals surface area contributed by atoms with E-state index in [4.69, 9.17) is 23.8 Å². The molecule has 0 spiro atoms. The smallest absolute Gasteiger partial charge is 0.251 e. The van der Waals surface area contributed by atoms with Crippen LogP contribution in [0.2, 0.25) is 5.02 Å². The molecule has 0 bridgehead atoms. The van der Waals surface area contributed by atoms with E-state index >= 15 is 0 Å². The number of carbonyl (C=O) groups excluding carboxylic acids is 2. The zero-order chi connectivity index (χ0) is 21.8. The summed E-state index contributed by atoms with van der Waals surface area (Å²) in [7, 11) is 1.88. The van der Waals surface area contributed by atoms with Gasteiger partial charge in [0.05, 0.1) is 0 Å². The van der Waals surface area contributed by atoms with E-state index in [0.717, 1.165) is 18.7 Å². The molecule has 2 aromatic rings. The number of aromatic amines is 1. The monoisotopic (exact) mass is 449 g/mol. The van der Waals surface area contributed by atoms with Gasteiger partial charge in [-0.1, -0.05) is 25.4 Å². The minimum absolute atomic E-state index is 0.0486. The van der Waals surface area contributed by atoms with Crippen molar-refractivity contribution in [3.8, 4) is 0 Å². The number of amides is 2. The van der Waals surface area contributed by atoms with Gasteiger partial charge in [0.2, 0.25) is 5.91 Å². The maximum Gasteiger partial charge on any atom is 0.251 e. The fourth-order valence-electron chi connectivity index (χ4n) is 3.87. The van der Waals surface area contributed by atoms with Crippen molar-refractivity contribution in [2.24, 2.45) is 13.0 Å². The van der Waals surface area contributed by atoms with E-state index in [1.54, 1.807) is 24.3 Å². The molecule has 2 amide bonds. The van der Waals surface area contributed by atoms with Crippen molar-refractivity contribution in [1.29, 1.82) is 0 Å². The van der Waals surface area contributed by atoms with Crippen LogP contribution >= 0.6 is 23.8 Å². The molecule has 1 aliphatic rings. The molecule has 2 heterocycles. The molecule has 1 aromatic heterocycles. The number of benzene rings is 1. The number of aromatic nitrogens is 3. The first-order chi connectivity index (χ1) is 14.3. The molecule has 2 unspecified atom stereocenters. The fourth-order valence-corrected chi connectivity index (χ4v) is 4.13. The third-order valence-corrected chi connectivity index (χ3v) is 6.05. The van der Waals surface area contributed by atoms with Crippen molar-refractivity contribution in [2.45, 2.75) is 45.1 Å². The van der Waals surface area contributed by atoms with Gasteiger partial charge in [0, 0.05) is 36.6 Å². The molecule has 1 aliphatic heterocycles. The van der Waals surface area contributed by atoms with Crippen molar-refractivity contribution in [3.05, 3.63) is 45.4 Å². The summed E-state index contributed by atoms with van der Waals surface area (Å²) in [6.45, 7) is 5.33. The topological polar surface area (TPSA) is 83.0 Å². The summed E-state index contributed by atoms with van der Waals surface area (Å²) in [5.41, 5.74) is 0.485. The lowest BCUT2D eigenvalue weighted by Crippen LogP contribution is -2.51. The molecule has 7 nitrogen and oxygen atoms in total. The van der Waals surface area contributed by atoms with Gasteiger partial charge in [0.25, 0.3) is 5.91 Å². The maximum atomic E-state index is 13.4. The number of hydrogen-bond acceptors (Lipinski definition) is 4. The van der Waals surface area contributed by atoms with Gasteiger partial charge in [0.1, 0.15) is 11.9 Å². The molecule has 3 rings (SSSR count). The quantitative estimate of drug-likeness (QED) is 0.659. The van der Waals surface area contributed by atoms with Crippen LogP contribution in [0.3, 0.4) is 0 Å². The summed E-state index contributed by atoms with van der Waals surface area (Å²) >= 11 is 11.1. The Hall–Kier alpha value is -2.19. The van der Waals surface area contributed by atoms with Crippen LogP contribution in [0.25, 0.3) is 0 Å². The normalized spacial score (nSPS) is 17.8. The van der Waals surface area contributed by atoms with Gasteiger partial charge in [-0.3, -0.25) is 14.7 Å². The average molecular weight is 450 g/mol. The summed E-state index contributed by atoms with van der Waals surface area (Å²) in [4.78, 5) is 27.9. The number of likely N-dealkylation sites (tertiary alicyclic amines) is 1. The first-order valence-electron chi connectivity index (χ1n) is 10.2. The molecule has 30 heavy (non-hydrogen) atoms. The average Bonchev–Trinajstić information content (AvgIpc) is 3.05. The Morgan fingerprint density at radius 2 is 2.03 bits per heavy atom. The highest BCUT2D eigenvalue weighted by atomic mass is 35.5. The van der Waals surface area contributed by atoms with Crippen LogP contribution in [-0.4, -0.2) is 50.6 Å². The number of rotatable bonds is 6. The Balaban J connectivity index is 1.73. The zero-order valence-electron chi connectivity index (χ0n) is 17.5. The van der Waals surface area contributed by atoms with Gasteiger partial charge in [-0.2, -0.15) is 5.10 Å². The van der Waals surface area contributed by atoms with Crippen LogP contribution in [0.5, 0.6) is 0 Å². The number of nitrogens with zero attached hydrogens (tertiary/aromatic N) is 3. The molecule has 2 N–H and O–H groups in total. The first-order valence-corrected chi connectivity index (χ1v) is 11.0. The fraction of sp³-hybridized carbons (Fsp3) is 0.524. The Kier molecular flexibility index (Phi) is 7.31. The second-order valence-corrected chi connectivity index (χ2v) is 9.06. The predicted octanol–water partition coefficient (Wildman–Crippen LogP) is 3.68. The van der Waals surface area contributed by atoms with Crippen LogP contribution in [0, 0.1) is 10.7 Å². The Morgan fingerprint density at radius 3 is 2.63 bits per heavy atom. The first kappa shape index (κ1) is 22.5. The third kappa shape index (κ3) is 5.29. The van der Waals surface area contributed by atoms with Crippen molar-refractivity contribution >= 4 is 35.6 Å². The Labute approximate surface area is 186 Å². The van der Waals surface area contributed by atoms with Crippen LogP contribution in [0.15, 0.2) is 24.3 Å². The van der Waals surface area contributed by atoms with Crippen molar-refractivity contribution in [3.63, 3.8) is 0 Å². The molecule has 162 valence electrons. The maximum absolute atomic E-state index is 13.4. The van der Waals surface area contributed by atoms with E-state index in [9.17, 15) is 9.59 Å². The largest absolute Gasteiger partial charge is 0.340 e. The SMILES string of the molecule is CC(C)CC(NC(=O)c1ccc(Cl)cc1)C(=O)N1CCCC(c2n[nH]c(=S)n2C)C1. The van der Waals surface area contributed by atoms with Crippen molar-refractivity contribution < 1.29 is 9.59 Å². The molecule has 1 fully saturated rings. The lowest BCUT2D eigenvalue weighted by atomic mass is 9.95. The minimum Gasteiger partial charge on any atom is -0.340 e. The van der Waals surface area contributed by atoms with Crippen LogP contribution in [0.4, 0.5) is 0 Å². The van der Waals surface area contributed by atoms with E-state index < -0.39 is 6.04 Å². The molecular formula is C21H28ClN5O2S. The van der Waals surface area contributed by atoms with Gasteiger partial charge >= 0.3 is 0 Å². The number of H-pyrrole nitrogens is 1. The van der Waals surface area contributed by atoms with Crippen LogP contribution in [-0.2, 0) is 11.8 Å². The molecule has 1 saturated heterocycles. The number of halogens is 1.